The normalized spacial score (nSPS) is 10.3. The first-order valence-electron chi connectivity index (χ1n) is 5.53. The van der Waals surface area contributed by atoms with Crippen molar-refractivity contribution in [1.29, 1.82) is 0 Å². The van der Waals surface area contributed by atoms with E-state index in [-0.39, 0.29) is 11.7 Å². The minimum absolute atomic E-state index is 0.271. The Morgan fingerprint density at radius 1 is 1.26 bits per heavy atom. The Labute approximate surface area is 124 Å². The number of hydrogen-bond acceptors (Lipinski definition) is 2. The molecule has 0 aliphatic rings. The highest BCUT2D eigenvalue weighted by molar-refractivity contribution is 9.10. The van der Waals surface area contributed by atoms with Crippen LogP contribution < -0.4 is 5.32 Å². The third-order valence-corrected chi connectivity index (χ3v) is 3.50. The Morgan fingerprint density at radius 3 is 2.63 bits per heavy atom. The molecule has 0 radical (unpaired) electrons. The van der Waals surface area contributed by atoms with E-state index in [1.807, 2.05) is 0 Å². The van der Waals surface area contributed by atoms with Crippen molar-refractivity contribution in [3.05, 3.63) is 57.8 Å². The molecule has 0 aromatic heterocycles. The summed E-state index contributed by atoms with van der Waals surface area (Å²) in [4.78, 5) is 12.7. The lowest BCUT2D eigenvalue weighted by atomic mass is 10.1. The number of anilines is 1. The summed E-state index contributed by atoms with van der Waals surface area (Å²) in [7, 11) is 0. The number of rotatable bonds is 2. The third kappa shape index (κ3) is 3.36. The van der Waals surface area contributed by atoms with Crippen LogP contribution in [0.5, 0.6) is 0 Å². The van der Waals surface area contributed by atoms with E-state index in [1.165, 1.54) is 12.1 Å². The molecule has 2 aromatic rings. The van der Waals surface area contributed by atoms with Crippen LogP contribution >= 0.6 is 28.6 Å². The van der Waals surface area contributed by atoms with Crippen LogP contribution in [0, 0.1) is 12.7 Å². The number of carbonyl (C=O) groups is 1. The van der Waals surface area contributed by atoms with Gasteiger partial charge in [-0.3, -0.25) is 4.79 Å². The minimum atomic E-state index is -0.325. The van der Waals surface area contributed by atoms with Gasteiger partial charge < -0.3 is 5.32 Å². The van der Waals surface area contributed by atoms with Crippen LogP contribution in [0.3, 0.4) is 0 Å². The lowest BCUT2D eigenvalue weighted by Crippen LogP contribution is -2.13. The molecule has 0 spiro atoms. The van der Waals surface area contributed by atoms with Crippen molar-refractivity contribution in [1.82, 2.24) is 0 Å². The van der Waals surface area contributed by atoms with E-state index >= 15 is 0 Å². The van der Waals surface area contributed by atoms with Crippen LogP contribution in [0.2, 0.25) is 0 Å². The smallest absolute Gasteiger partial charge is 0.256 e. The molecule has 2 aromatic carbocycles. The van der Waals surface area contributed by atoms with Crippen LogP contribution in [0.15, 0.2) is 45.8 Å². The van der Waals surface area contributed by atoms with Gasteiger partial charge in [0.25, 0.3) is 5.91 Å². The Kier molecular flexibility index (Phi) is 4.27. The van der Waals surface area contributed by atoms with E-state index in [0.717, 1.165) is 4.47 Å². The summed E-state index contributed by atoms with van der Waals surface area (Å²) in [5.41, 5.74) is 1.73. The number of benzene rings is 2. The fraction of sp³-hybridized carbons (Fsp3) is 0.0714. The second-order valence-electron chi connectivity index (χ2n) is 4.07. The molecule has 98 valence electrons. The number of carbonyl (C=O) groups excluding carboxylic acids is 1. The number of amides is 1. The van der Waals surface area contributed by atoms with Gasteiger partial charge in [0, 0.05) is 15.1 Å². The van der Waals surface area contributed by atoms with Crippen LogP contribution in [-0.4, -0.2) is 5.91 Å². The average Bonchev–Trinajstić information content (AvgIpc) is 2.32. The Balaban J connectivity index is 2.25. The van der Waals surface area contributed by atoms with Gasteiger partial charge in [-0.1, -0.05) is 15.9 Å². The van der Waals surface area contributed by atoms with Crippen LogP contribution in [0.1, 0.15) is 15.9 Å². The largest absolute Gasteiger partial charge is 0.322 e. The zero-order valence-corrected chi connectivity index (χ0v) is 12.6. The highest BCUT2D eigenvalue weighted by Crippen LogP contribution is 2.22. The van der Waals surface area contributed by atoms with Crippen molar-refractivity contribution >= 4 is 40.2 Å². The molecular formula is C14H11BrFNOS. The van der Waals surface area contributed by atoms with Gasteiger partial charge in [0.1, 0.15) is 5.82 Å². The summed E-state index contributed by atoms with van der Waals surface area (Å²) in [5.74, 6) is -0.596. The molecule has 2 nitrogen and oxygen atoms in total. The fourth-order valence-electron chi connectivity index (χ4n) is 1.65. The second kappa shape index (κ2) is 5.75. The predicted octanol–water partition coefficient (Wildman–Crippen LogP) is 4.44. The van der Waals surface area contributed by atoms with Crippen molar-refractivity contribution in [2.75, 3.05) is 5.32 Å². The number of nitrogens with one attached hydrogen (secondary N) is 1. The zero-order chi connectivity index (χ0) is 14.0. The number of halogens is 2. The molecule has 19 heavy (non-hydrogen) atoms. The maximum Gasteiger partial charge on any atom is 0.256 e. The molecule has 0 fully saturated rings. The first-order valence-corrected chi connectivity index (χ1v) is 6.77. The third-order valence-electron chi connectivity index (χ3n) is 2.64. The first-order chi connectivity index (χ1) is 8.97. The van der Waals surface area contributed by atoms with E-state index in [1.54, 1.807) is 31.2 Å². The minimum Gasteiger partial charge on any atom is -0.322 e. The maximum absolute atomic E-state index is 13.0. The Hall–Kier alpha value is -1.33. The molecule has 0 saturated carbocycles. The fourth-order valence-corrected chi connectivity index (χ4v) is 2.51. The number of thiol groups is 1. The van der Waals surface area contributed by atoms with E-state index in [4.69, 9.17) is 0 Å². The summed E-state index contributed by atoms with van der Waals surface area (Å²) < 4.78 is 13.8. The molecule has 0 unspecified atom stereocenters. The maximum atomic E-state index is 13.0. The van der Waals surface area contributed by atoms with E-state index < -0.39 is 0 Å². The van der Waals surface area contributed by atoms with Crippen molar-refractivity contribution in [2.45, 2.75) is 11.8 Å². The highest BCUT2D eigenvalue weighted by atomic mass is 79.9. The molecule has 0 aliphatic heterocycles. The van der Waals surface area contributed by atoms with Gasteiger partial charge in [0.15, 0.2) is 0 Å². The lowest BCUT2D eigenvalue weighted by Gasteiger charge is -2.10. The standard InChI is InChI=1S/C14H11BrFNOS/c1-8-6-10(16)3-5-12(8)17-14(18)11-4-2-9(15)7-13(11)19/h2-7,19H,1H3,(H,17,18). The molecule has 0 saturated heterocycles. The lowest BCUT2D eigenvalue weighted by molar-refractivity contribution is 0.102. The molecule has 0 heterocycles. The summed E-state index contributed by atoms with van der Waals surface area (Å²) >= 11 is 7.57. The quantitative estimate of drug-likeness (QED) is 0.778. The monoisotopic (exact) mass is 339 g/mol. The Morgan fingerprint density at radius 2 is 2.00 bits per heavy atom. The zero-order valence-electron chi connectivity index (χ0n) is 10.1. The van der Waals surface area contributed by atoms with Crippen molar-refractivity contribution in [3.63, 3.8) is 0 Å². The molecule has 0 atom stereocenters. The topological polar surface area (TPSA) is 29.1 Å². The molecule has 0 aliphatic carbocycles. The van der Waals surface area contributed by atoms with Gasteiger partial charge in [-0.2, -0.15) is 0 Å². The van der Waals surface area contributed by atoms with Gasteiger partial charge in [-0.15, -0.1) is 12.6 Å². The molecule has 2 rings (SSSR count). The van der Waals surface area contributed by atoms with Gasteiger partial charge in [0.05, 0.1) is 5.56 Å². The summed E-state index contributed by atoms with van der Waals surface area (Å²) in [5, 5.41) is 2.74. The SMILES string of the molecule is Cc1cc(F)ccc1NC(=O)c1ccc(Br)cc1S. The highest BCUT2D eigenvalue weighted by Gasteiger charge is 2.11. The molecule has 0 bridgehead atoms. The van der Waals surface area contributed by atoms with E-state index in [9.17, 15) is 9.18 Å². The average molecular weight is 340 g/mol. The van der Waals surface area contributed by atoms with Gasteiger partial charge in [-0.05, 0) is 48.9 Å². The summed E-state index contributed by atoms with van der Waals surface area (Å²) in [6, 6.07) is 9.42. The summed E-state index contributed by atoms with van der Waals surface area (Å²) in [6.07, 6.45) is 0. The first kappa shape index (κ1) is 14.1. The predicted molar refractivity (Wildman–Crippen MR) is 80.5 cm³/mol. The molecule has 1 amide bonds. The molecule has 1 N–H and O–H groups in total. The molecule has 5 heteroatoms. The van der Waals surface area contributed by atoms with Crippen molar-refractivity contribution in [3.8, 4) is 0 Å². The van der Waals surface area contributed by atoms with Gasteiger partial charge >= 0.3 is 0 Å². The van der Waals surface area contributed by atoms with Crippen molar-refractivity contribution < 1.29 is 9.18 Å². The van der Waals surface area contributed by atoms with Gasteiger partial charge in [-0.25, -0.2) is 4.39 Å². The van der Waals surface area contributed by atoms with E-state index in [2.05, 4.69) is 33.9 Å². The van der Waals surface area contributed by atoms with E-state index in [0.29, 0.717) is 21.7 Å². The molecular weight excluding hydrogens is 329 g/mol. The number of hydrogen-bond donors (Lipinski definition) is 2. The number of aryl methyl sites for hydroxylation is 1. The van der Waals surface area contributed by atoms with Crippen LogP contribution in [0.25, 0.3) is 0 Å². The van der Waals surface area contributed by atoms with Gasteiger partial charge in [0.2, 0.25) is 0 Å². The Bertz CT molecular complexity index is 645. The second-order valence-corrected chi connectivity index (χ2v) is 5.47. The van der Waals surface area contributed by atoms with Crippen LogP contribution in [0.4, 0.5) is 10.1 Å². The summed E-state index contributed by atoms with van der Waals surface area (Å²) in [6.45, 7) is 1.74. The van der Waals surface area contributed by atoms with Crippen LogP contribution in [-0.2, 0) is 0 Å². The van der Waals surface area contributed by atoms with Crippen molar-refractivity contribution in [2.24, 2.45) is 0 Å².